The molecule has 1 aromatic carbocycles. The number of urea groups is 1. The molecule has 0 aromatic heterocycles. The van der Waals surface area contributed by atoms with Crippen molar-refractivity contribution in [2.24, 2.45) is 0 Å². The van der Waals surface area contributed by atoms with Crippen LogP contribution in [-0.2, 0) is 11.2 Å². The second kappa shape index (κ2) is 9.76. The van der Waals surface area contributed by atoms with Gasteiger partial charge in [-0.05, 0) is 31.0 Å². The Hall–Kier alpha value is -2.11. The lowest BCUT2D eigenvalue weighted by Gasteiger charge is -2.14. The van der Waals surface area contributed by atoms with Crippen molar-refractivity contribution in [2.45, 2.75) is 52.0 Å². The molecule has 6 heteroatoms. The number of halogens is 1. The number of nitrogens with one attached hydrogen (secondary N) is 3. The minimum Gasteiger partial charge on any atom is -0.334 e. The van der Waals surface area contributed by atoms with E-state index >= 15 is 0 Å². The Bertz CT molecular complexity index is 477. The van der Waals surface area contributed by atoms with Crippen LogP contribution in [0.5, 0.6) is 0 Å². The lowest BCUT2D eigenvalue weighted by atomic mass is 10.1. The van der Waals surface area contributed by atoms with Crippen LogP contribution in [0.2, 0.25) is 0 Å². The first kappa shape index (κ1) is 17.9. The Balaban J connectivity index is 2.22. The van der Waals surface area contributed by atoms with E-state index in [9.17, 15) is 14.0 Å². The normalized spacial score (nSPS) is 11.6. The summed E-state index contributed by atoms with van der Waals surface area (Å²) in [5.74, 6) is -0.709. The number of rotatable bonds is 7. The summed E-state index contributed by atoms with van der Waals surface area (Å²) in [7, 11) is 0. The first-order valence-electron chi connectivity index (χ1n) is 7.61. The molecular formula is C16H24FN3O2. The van der Waals surface area contributed by atoms with Crippen molar-refractivity contribution in [2.75, 3.05) is 0 Å². The van der Waals surface area contributed by atoms with Gasteiger partial charge < -0.3 is 5.32 Å². The van der Waals surface area contributed by atoms with E-state index in [0.717, 1.165) is 25.7 Å². The third-order valence-corrected chi connectivity index (χ3v) is 3.21. The fourth-order valence-electron chi connectivity index (χ4n) is 1.99. The maximum Gasteiger partial charge on any atom is 0.333 e. The van der Waals surface area contributed by atoms with Crippen LogP contribution >= 0.6 is 0 Å². The van der Waals surface area contributed by atoms with Crippen molar-refractivity contribution < 1.29 is 14.0 Å². The molecule has 1 atom stereocenters. The first-order valence-corrected chi connectivity index (χ1v) is 7.61. The maximum absolute atomic E-state index is 12.7. The van der Waals surface area contributed by atoms with Gasteiger partial charge in [-0.1, -0.05) is 38.3 Å². The third-order valence-electron chi connectivity index (χ3n) is 3.21. The number of amides is 3. The zero-order valence-corrected chi connectivity index (χ0v) is 13.1. The van der Waals surface area contributed by atoms with Crippen LogP contribution in [-0.4, -0.2) is 18.0 Å². The van der Waals surface area contributed by atoms with Crippen molar-refractivity contribution in [3.05, 3.63) is 35.6 Å². The highest BCUT2D eigenvalue weighted by atomic mass is 19.1. The predicted octanol–water partition coefficient (Wildman–Crippen LogP) is 2.67. The van der Waals surface area contributed by atoms with Gasteiger partial charge in [-0.2, -0.15) is 0 Å². The molecule has 3 amide bonds. The van der Waals surface area contributed by atoms with Gasteiger partial charge >= 0.3 is 6.03 Å². The molecule has 0 heterocycles. The molecule has 1 rings (SSSR count). The summed E-state index contributed by atoms with van der Waals surface area (Å²) in [4.78, 5) is 23.3. The number of hydrazine groups is 1. The summed E-state index contributed by atoms with van der Waals surface area (Å²) in [6, 6.07) is 5.27. The van der Waals surface area contributed by atoms with Crippen molar-refractivity contribution in [3.63, 3.8) is 0 Å². The van der Waals surface area contributed by atoms with E-state index in [1.165, 1.54) is 24.3 Å². The molecule has 0 aliphatic heterocycles. The van der Waals surface area contributed by atoms with Crippen molar-refractivity contribution in [3.8, 4) is 0 Å². The fourth-order valence-corrected chi connectivity index (χ4v) is 1.99. The third kappa shape index (κ3) is 7.61. The molecule has 0 saturated carbocycles. The van der Waals surface area contributed by atoms with Crippen molar-refractivity contribution >= 4 is 11.9 Å². The molecule has 0 saturated heterocycles. The molecule has 3 N–H and O–H groups in total. The lowest BCUT2D eigenvalue weighted by molar-refractivity contribution is -0.121. The Morgan fingerprint density at radius 3 is 2.45 bits per heavy atom. The standard InChI is InChI=1S/C16H24FN3O2/c1-3-4-5-6-12(2)18-16(22)20-19-15(21)11-13-7-9-14(17)10-8-13/h7-10,12H,3-6,11H2,1-2H3,(H,19,21)(H2,18,20,22). The average molecular weight is 309 g/mol. The first-order chi connectivity index (χ1) is 10.5. The molecule has 0 bridgehead atoms. The molecule has 0 fully saturated rings. The molecule has 5 nitrogen and oxygen atoms in total. The predicted molar refractivity (Wildman–Crippen MR) is 83.5 cm³/mol. The summed E-state index contributed by atoms with van der Waals surface area (Å²) in [5.41, 5.74) is 5.31. The van der Waals surface area contributed by atoms with E-state index in [2.05, 4.69) is 23.1 Å². The molecule has 1 aromatic rings. The Labute approximate surface area is 130 Å². The van der Waals surface area contributed by atoms with Gasteiger partial charge in [-0.3, -0.25) is 10.2 Å². The Kier molecular flexibility index (Phi) is 7.96. The summed E-state index contributed by atoms with van der Waals surface area (Å²) in [5, 5.41) is 2.75. The molecular weight excluding hydrogens is 285 g/mol. The Morgan fingerprint density at radius 1 is 1.14 bits per heavy atom. The van der Waals surface area contributed by atoms with E-state index < -0.39 is 6.03 Å². The summed E-state index contributed by atoms with van der Waals surface area (Å²) < 4.78 is 12.7. The van der Waals surface area contributed by atoms with E-state index in [-0.39, 0.29) is 24.2 Å². The van der Waals surface area contributed by atoms with E-state index in [1.807, 2.05) is 6.92 Å². The number of carbonyl (C=O) groups is 2. The van der Waals surface area contributed by atoms with Gasteiger partial charge in [0.2, 0.25) is 5.91 Å². The lowest BCUT2D eigenvalue weighted by Crippen LogP contribution is -2.49. The number of unbranched alkanes of at least 4 members (excludes halogenated alkanes) is 2. The van der Waals surface area contributed by atoms with Gasteiger partial charge in [0.05, 0.1) is 6.42 Å². The van der Waals surface area contributed by atoms with E-state index in [0.29, 0.717) is 5.56 Å². The fraction of sp³-hybridized carbons (Fsp3) is 0.500. The zero-order valence-electron chi connectivity index (χ0n) is 13.1. The average Bonchev–Trinajstić information content (AvgIpc) is 2.48. The smallest absolute Gasteiger partial charge is 0.333 e. The molecule has 22 heavy (non-hydrogen) atoms. The van der Waals surface area contributed by atoms with E-state index in [1.54, 1.807) is 0 Å². The second-order valence-electron chi connectivity index (χ2n) is 5.35. The molecule has 0 aliphatic rings. The van der Waals surface area contributed by atoms with Gasteiger partial charge in [0.25, 0.3) is 0 Å². The minimum absolute atomic E-state index is 0.0561. The van der Waals surface area contributed by atoms with Crippen molar-refractivity contribution in [1.82, 2.24) is 16.2 Å². The SMILES string of the molecule is CCCCCC(C)NC(=O)NNC(=O)Cc1ccc(F)cc1. The van der Waals surface area contributed by atoms with Crippen LogP contribution in [0.15, 0.2) is 24.3 Å². The highest BCUT2D eigenvalue weighted by Crippen LogP contribution is 2.03. The number of hydrogen-bond acceptors (Lipinski definition) is 2. The highest BCUT2D eigenvalue weighted by molar-refractivity contribution is 5.82. The van der Waals surface area contributed by atoms with Gasteiger partial charge in [-0.15, -0.1) is 0 Å². The summed E-state index contributed by atoms with van der Waals surface area (Å²) >= 11 is 0. The van der Waals surface area contributed by atoms with Crippen LogP contribution in [0.3, 0.4) is 0 Å². The molecule has 0 radical (unpaired) electrons. The van der Waals surface area contributed by atoms with Crippen LogP contribution in [0.1, 0.15) is 45.1 Å². The molecule has 0 aliphatic carbocycles. The van der Waals surface area contributed by atoms with Gasteiger partial charge in [0.15, 0.2) is 0 Å². The van der Waals surface area contributed by atoms with Crippen LogP contribution in [0.25, 0.3) is 0 Å². The van der Waals surface area contributed by atoms with Gasteiger partial charge in [-0.25, -0.2) is 14.6 Å². The quantitative estimate of drug-likeness (QED) is 0.535. The van der Waals surface area contributed by atoms with Crippen molar-refractivity contribution in [1.29, 1.82) is 0 Å². The maximum atomic E-state index is 12.7. The van der Waals surface area contributed by atoms with Crippen LogP contribution < -0.4 is 16.2 Å². The number of carbonyl (C=O) groups excluding carboxylic acids is 2. The second-order valence-corrected chi connectivity index (χ2v) is 5.35. The zero-order chi connectivity index (χ0) is 16.4. The molecule has 0 spiro atoms. The topological polar surface area (TPSA) is 70.2 Å². The minimum atomic E-state index is -0.434. The van der Waals surface area contributed by atoms with E-state index in [4.69, 9.17) is 0 Å². The van der Waals surface area contributed by atoms with Gasteiger partial charge in [0.1, 0.15) is 5.82 Å². The molecule has 1 unspecified atom stereocenters. The summed E-state index contributed by atoms with van der Waals surface area (Å²) in [6.45, 7) is 4.05. The number of benzene rings is 1. The monoisotopic (exact) mass is 309 g/mol. The Morgan fingerprint density at radius 2 is 1.82 bits per heavy atom. The largest absolute Gasteiger partial charge is 0.334 e. The highest BCUT2D eigenvalue weighted by Gasteiger charge is 2.08. The van der Waals surface area contributed by atoms with Crippen LogP contribution in [0.4, 0.5) is 9.18 Å². The summed E-state index contributed by atoms with van der Waals surface area (Å²) in [6.07, 6.45) is 4.33. The number of hydrogen-bond donors (Lipinski definition) is 3. The molecule has 122 valence electrons. The van der Waals surface area contributed by atoms with Gasteiger partial charge in [0, 0.05) is 6.04 Å². The van der Waals surface area contributed by atoms with Crippen LogP contribution in [0, 0.1) is 5.82 Å².